The van der Waals surface area contributed by atoms with Crippen LogP contribution in [-0.2, 0) is 11.2 Å². The molecule has 19 heavy (non-hydrogen) atoms. The molecule has 2 aromatic heterocycles. The lowest BCUT2D eigenvalue weighted by Crippen LogP contribution is -2.20. The number of rotatable bonds is 5. The van der Waals surface area contributed by atoms with Crippen molar-refractivity contribution in [1.29, 1.82) is 0 Å². The third-order valence-electron chi connectivity index (χ3n) is 2.30. The summed E-state index contributed by atoms with van der Waals surface area (Å²) in [5, 5.41) is 5.94. The number of carbonyl (C=O) groups excluding carboxylic acids is 1. The minimum atomic E-state index is -0.117. The van der Waals surface area contributed by atoms with Gasteiger partial charge in [0.1, 0.15) is 5.76 Å². The van der Waals surface area contributed by atoms with Gasteiger partial charge < -0.3 is 4.42 Å². The summed E-state index contributed by atoms with van der Waals surface area (Å²) in [6, 6.07) is 7.51. The van der Waals surface area contributed by atoms with Gasteiger partial charge >= 0.3 is 0 Å². The number of nitrogens with one attached hydrogen (secondary N) is 1. The van der Waals surface area contributed by atoms with E-state index in [2.05, 4.69) is 10.5 Å². The van der Waals surface area contributed by atoms with Crippen LogP contribution in [0.15, 0.2) is 51.5 Å². The summed E-state index contributed by atoms with van der Waals surface area (Å²) in [6.45, 7) is 1.81. The van der Waals surface area contributed by atoms with E-state index >= 15 is 0 Å². The predicted molar refractivity (Wildman–Crippen MR) is 77.0 cm³/mol. The Balaban J connectivity index is 1.82. The van der Waals surface area contributed by atoms with Crippen LogP contribution in [0.4, 0.5) is 0 Å². The van der Waals surface area contributed by atoms with Gasteiger partial charge in [-0.15, -0.1) is 11.3 Å². The van der Waals surface area contributed by atoms with Crippen molar-refractivity contribution < 1.29 is 9.21 Å². The van der Waals surface area contributed by atoms with Crippen LogP contribution in [0.25, 0.3) is 6.08 Å². The van der Waals surface area contributed by atoms with E-state index in [1.54, 1.807) is 29.8 Å². The number of amides is 1. The summed E-state index contributed by atoms with van der Waals surface area (Å²) in [7, 11) is 0. The Hall–Kier alpha value is -2.14. The fraction of sp³-hybridized carbons (Fsp3) is 0.143. The van der Waals surface area contributed by atoms with Gasteiger partial charge in [-0.05, 0) is 42.7 Å². The van der Waals surface area contributed by atoms with Crippen molar-refractivity contribution >= 4 is 29.0 Å². The first-order valence-electron chi connectivity index (χ1n) is 5.81. The molecule has 0 radical (unpaired) electrons. The predicted octanol–water partition coefficient (Wildman–Crippen LogP) is 3.09. The van der Waals surface area contributed by atoms with Crippen LogP contribution in [0.5, 0.6) is 0 Å². The van der Waals surface area contributed by atoms with Gasteiger partial charge in [0.25, 0.3) is 0 Å². The molecule has 0 aliphatic heterocycles. The van der Waals surface area contributed by atoms with Crippen LogP contribution in [0.1, 0.15) is 17.6 Å². The second kappa shape index (κ2) is 6.70. The van der Waals surface area contributed by atoms with Gasteiger partial charge in [0.05, 0.1) is 18.4 Å². The first-order valence-corrected chi connectivity index (χ1v) is 6.69. The molecule has 0 saturated heterocycles. The quantitative estimate of drug-likeness (QED) is 0.673. The van der Waals surface area contributed by atoms with Crippen LogP contribution in [0, 0.1) is 0 Å². The van der Waals surface area contributed by atoms with Gasteiger partial charge in [0.15, 0.2) is 0 Å². The molecule has 0 atom stereocenters. The Morgan fingerprint density at radius 3 is 3.05 bits per heavy atom. The smallest absolute Gasteiger partial charge is 0.245 e. The zero-order valence-corrected chi connectivity index (χ0v) is 11.3. The van der Waals surface area contributed by atoms with Crippen molar-refractivity contribution in [1.82, 2.24) is 5.43 Å². The first kappa shape index (κ1) is 13.3. The molecular formula is C14H14N2O2S. The summed E-state index contributed by atoms with van der Waals surface area (Å²) in [6.07, 6.45) is 5.54. The minimum Gasteiger partial charge on any atom is -0.465 e. The summed E-state index contributed by atoms with van der Waals surface area (Å²) in [4.78, 5) is 12.6. The van der Waals surface area contributed by atoms with E-state index in [0.29, 0.717) is 12.1 Å². The van der Waals surface area contributed by atoms with Gasteiger partial charge in [-0.25, -0.2) is 5.43 Å². The van der Waals surface area contributed by atoms with Gasteiger partial charge in [-0.3, -0.25) is 4.79 Å². The molecule has 1 amide bonds. The maximum absolute atomic E-state index is 11.6. The molecule has 0 bridgehead atoms. The van der Waals surface area contributed by atoms with Crippen LogP contribution in [0.2, 0.25) is 0 Å². The zero-order valence-electron chi connectivity index (χ0n) is 10.5. The molecule has 0 unspecified atom stereocenters. The Morgan fingerprint density at radius 2 is 2.37 bits per heavy atom. The van der Waals surface area contributed by atoms with E-state index < -0.39 is 0 Å². The van der Waals surface area contributed by atoms with Gasteiger partial charge in [0, 0.05) is 4.88 Å². The van der Waals surface area contributed by atoms with E-state index in [4.69, 9.17) is 4.42 Å². The first-order chi connectivity index (χ1) is 9.24. The maximum atomic E-state index is 11.6. The van der Waals surface area contributed by atoms with Crippen LogP contribution < -0.4 is 5.43 Å². The largest absolute Gasteiger partial charge is 0.465 e. The topological polar surface area (TPSA) is 54.6 Å². The highest BCUT2D eigenvalue weighted by atomic mass is 32.1. The van der Waals surface area contributed by atoms with Crippen LogP contribution in [0.3, 0.4) is 0 Å². The Bertz CT molecular complexity index is 569. The lowest BCUT2D eigenvalue weighted by Gasteiger charge is -1.98. The highest BCUT2D eigenvalue weighted by molar-refractivity contribution is 7.10. The zero-order chi connectivity index (χ0) is 13.5. The molecule has 0 saturated carbocycles. The van der Waals surface area contributed by atoms with Crippen molar-refractivity contribution in [2.75, 3.05) is 0 Å². The van der Waals surface area contributed by atoms with Crippen molar-refractivity contribution in [3.8, 4) is 0 Å². The van der Waals surface area contributed by atoms with E-state index in [9.17, 15) is 4.79 Å². The van der Waals surface area contributed by atoms with Crippen molar-refractivity contribution in [3.05, 3.63) is 52.6 Å². The van der Waals surface area contributed by atoms with Crippen molar-refractivity contribution in [3.63, 3.8) is 0 Å². The molecule has 2 heterocycles. The van der Waals surface area contributed by atoms with Crippen LogP contribution in [-0.4, -0.2) is 11.6 Å². The molecule has 0 aromatic carbocycles. The SMILES string of the molecule is CC(/C=C/c1ccco1)=N\NC(=O)Cc1cccs1. The number of carbonyl (C=O) groups is 1. The summed E-state index contributed by atoms with van der Waals surface area (Å²) in [5.74, 6) is 0.632. The number of hydrogen-bond donors (Lipinski definition) is 1. The lowest BCUT2D eigenvalue weighted by molar-refractivity contribution is -0.120. The molecule has 0 aliphatic rings. The van der Waals surface area contributed by atoms with Gasteiger partial charge in [-0.1, -0.05) is 6.07 Å². The molecule has 2 rings (SSSR count). The Labute approximate surface area is 115 Å². The standard InChI is InChI=1S/C14H14N2O2S/c1-11(6-7-12-4-2-8-18-12)15-16-14(17)10-13-5-3-9-19-13/h2-9H,10H2,1H3,(H,16,17)/b7-6+,15-11+. The maximum Gasteiger partial charge on any atom is 0.245 e. The molecule has 98 valence electrons. The third kappa shape index (κ3) is 4.56. The van der Waals surface area contributed by atoms with E-state index in [0.717, 1.165) is 10.6 Å². The second-order valence-corrected chi connectivity index (χ2v) is 4.93. The number of hydrogen-bond acceptors (Lipinski definition) is 4. The normalized spacial score (nSPS) is 11.9. The summed E-state index contributed by atoms with van der Waals surface area (Å²) >= 11 is 1.56. The van der Waals surface area contributed by atoms with Crippen LogP contribution >= 0.6 is 11.3 Å². The number of furan rings is 1. The fourth-order valence-corrected chi connectivity index (χ4v) is 2.09. The Kier molecular flexibility index (Phi) is 4.69. The highest BCUT2D eigenvalue weighted by Crippen LogP contribution is 2.08. The monoisotopic (exact) mass is 274 g/mol. The molecule has 0 spiro atoms. The number of thiophene rings is 1. The lowest BCUT2D eigenvalue weighted by atomic mass is 10.3. The van der Waals surface area contributed by atoms with E-state index in [1.807, 2.05) is 36.6 Å². The number of allylic oxidation sites excluding steroid dienone is 1. The number of hydrazone groups is 1. The minimum absolute atomic E-state index is 0.117. The van der Waals surface area contributed by atoms with Gasteiger partial charge in [0.2, 0.25) is 5.91 Å². The highest BCUT2D eigenvalue weighted by Gasteiger charge is 2.02. The average Bonchev–Trinajstić information content (AvgIpc) is 3.06. The van der Waals surface area contributed by atoms with E-state index in [-0.39, 0.29) is 5.91 Å². The molecule has 0 aliphatic carbocycles. The fourth-order valence-electron chi connectivity index (χ4n) is 1.39. The summed E-state index contributed by atoms with van der Waals surface area (Å²) in [5.41, 5.74) is 3.23. The molecule has 0 fully saturated rings. The van der Waals surface area contributed by atoms with Crippen molar-refractivity contribution in [2.45, 2.75) is 13.3 Å². The Morgan fingerprint density at radius 1 is 1.47 bits per heavy atom. The third-order valence-corrected chi connectivity index (χ3v) is 3.18. The second-order valence-electron chi connectivity index (χ2n) is 3.89. The molecule has 4 nitrogen and oxygen atoms in total. The van der Waals surface area contributed by atoms with Gasteiger partial charge in [-0.2, -0.15) is 5.10 Å². The average molecular weight is 274 g/mol. The molecular weight excluding hydrogens is 260 g/mol. The van der Waals surface area contributed by atoms with Crippen molar-refractivity contribution in [2.24, 2.45) is 5.10 Å². The molecule has 2 aromatic rings. The number of nitrogens with zero attached hydrogens (tertiary/aromatic N) is 1. The summed E-state index contributed by atoms with van der Waals surface area (Å²) < 4.78 is 5.15. The molecule has 1 N–H and O–H groups in total. The molecule has 5 heteroatoms. The van der Waals surface area contributed by atoms with E-state index in [1.165, 1.54) is 0 Å².